The normalized spacial score (nSPS) is 13.5. The van der Waals surface area contributed by atoms with Crippen LogP contribution in [0.2, 0.25) is 5.15 Å². The Morgan fingerprint density at radius 2 is 2.21 bits per heavy atom. The first-order valence-electron chi connectivity index (χ1n) is 7.25. The van der Waals surface area contributed by atoms with Gasteiger partial charge in [0, 0.05) is 17.3 Å². The Hall–Kier alpha value is -2.28. The summed E-state index contributed by atoms with van der Waals surface area (Å²) < 4.78 is 29.4. The Labute approximate surface area is 142 Å². The molecule has 0 saturated heterocycles. The van der Waals surface area contributed by atoms with Gasteiger partial charge >= 0.3 is 0 Å². The van der Waals surface area contributed by atoms with Crippen molar-refractivity contribution >= 4 is 17.5 Å². The second-order valence-electron chi connectivity index (χ2n) is 5.43. The molecule has 0 unspecified atom stereocenters. The largest absolute Gasteiger partial charge is 0.486 e. The van der Waals surface area contributed by atoms with E-state index in [1.165, 1.54) is 12.4 Å². The molecule has 0 atom stereocenters. The summed E-state index contributed by atoms with van der Waals surface area (Å²) in [6, 6.07) is 3.36. The Kier molecular flexibility index (Phi) is 4.62. The van der Waals surface area contributed by atoms with Gasteiger partial charge in [-0.3, -0.25) is 9.78 Å². The van der Waals surface area contributed by atoms with Crippen LogP contribution in [-0.4, -0.2) is 33.8 Å². The maximum absolute atomic E-state index is 12.4. The number of amides is 1. The number of carbonyl (C=O) groups is 1. The van der Waals surface area contributed by atoms with Gasteiger partial charge in [-0.05, 0) is 24.6 Å². The lowest BCUT2D eigenvalue weighted by molar-refractivity contribution is 0.0762. The monoisotopic (exact) mass is 353 g/mol. The molecular weight excluding hydrogens is 340 g/mol. The molecule has 1 aliphatic rings. The zero-order valence-electron chi connectivity index (χ0n) is 12.8. The first-order chi connectivity index (χ1) is 11.5. The molecule has 24 heavy (non-hydrogen) atoms. The number of fused-ring (bicyclic) bond motifs is 1. The van der Waals surface area contributed by atoms with Crippen molar-refractivity contribution in [3.05, 3.63) is 52.1 Å². The van der Waals surface area contributed by atoms with Crippen molar-refractivity contribution in [2.45, 2.75) is 26.4 Å². The molecule has 0 fully saturated rings. The summed E-state index contributed by atoms with van der Waals surface area (Å²) in [5.74, 6) is 0.175. The van der Waals surface area contributed by atoms with Crippen molar-refractivity contribution < 1.29 is 18.3 Å². The van der Waals surface area contributed by atoms with E-state index >= 15 is 0 Å². The molecule has 0 aliphatic carbocycles. The number of alkyl halides is 2. The number of aromatic nitrogens is 2. The maximum atomic E-state index is 12.4. The number of carbonyl (C=O) groups excluding carboxylic acids is 1. The summed E-state index contributed by atoms with van der Waals surface area (Å²) in [6.45, 7) is 1.73. The van der Waals surface area contributed by atoms with E-state index in [0.29, 0.717) is 46.4 Å². The van der Waals surface area contributed by atoms with E-state index in [1.807, 2.05) is 0 Å². The van der Waals surface area contributed by atoms with Crippen LogP contribution < -0.4 is 4.74 Å². The Morgan fingerprint density at radius 3 is 2.88 bits per heavy atom. The van der Waals surface area contributed by atoms with Gasteiger partial charge in [-0.15, -0.1) is 0 Å². The number of nitrogens with zero attached hydrogens (tertiary/aromatic N) is 3. The standard InChI is InChI=1S/C16H14ClF2N3O2/c1-9-4-10(21-5-13(9)24-8-14(18)19)6-22-7-12-11(16(22)23)2-3-20-15(12)17/h2-5,14H,6-8H2,1H3. The van der Waals surface area contributed by atoms with Gasteiger partial charge in [-0.25, -0.2) is 13.8 Å². The van der Waals surface area contributed by atoms with Crippen LogP contribution in [0.3, 0.4) is 0 Å². The first kappa shape index (κ1) is 16.6. The third kappa shape index (κ3) is 3.31. The third-order valence-corrected chi connectivity index (χ3v) is 4.03. The van der Waals surface area contributed by atoms with Crippen LogP contribution in [0, 0.1) is 6.92 Å². The van der Waals surface area contributed by atoms with Crippen molar-refractivity contribution in [2.24, 2.45) is 0 Å². The molecule has 1 aliphatic heterocycles. The quantitative estimate of drug-likeness (QED) is 0.774. The van der Waals surface area contributed by atoms with Gasteiger partial charge in [0.25, 0.3) is 12.3 Å². The molecule has 1 amide bonds. The number of halogens is 3. The van der Waals surface area contributed by atoms with Crippen LogP contribution >= 0.6 is 11.6 Å². The molecule has 0 aromatic carbocycles. The van der Waals surface area contributed by atoms with Crippen LogP contribution in [0.25, 0.3) is 0 Å². The van der Waals surface area contributed by atoms with Crippen LogP contribution in [0.1, 0.15) is 27.2 Å². The number of pyridine rings is 2. The summed E-state index contributed by atoms with van der Waals surface area (Å²) in [7, 11) is 0. The van der Waals surface area contributed by atoms with E-state index in [2.05, 4.69) is 9.97 Å². The second-order valence-corrected chi connectivity index (χ2v) is 5.79. The SMILES string of the molecule is Cc1cc(CN2Cc3c(ccnc3Cl)C2=O)ncc1OCC(F)F. The molecule has 0 N–H and O–H groups in total. The zero-order chi connectivity index (χ0) is 17.3. The summed E-state index contributed by atoms with van der Waals surface area (Å²) in [6.07, 6.45) is 0.359. The molecule has 2 aromatic rings. The molecule has 0 bridgehead atoms. The van der Waals surface area contributed by atoms with Crippen molar-refractivity contribution in [2.75, 3.05) is 6.61 Å². The lowest BCUT2D eigenvalue weighted by Gasteiger charge is -2.16. The van der Waals surface area contributed by atoms with Gasteiger partial charge in [0.05, 0.1) is 25.0 Å². The highest BCUT2D eigenvalue weighted by Gasteiger charge is 2.29. The number of hydrogen-bond acceptors (Lipinski definition) is 4. The van der Waals surface area contributed by atoms with E-state index in [9.17, 15) is 13.6 Å². The van der Waals surface area contributed by atoms with Crippen molar-refractivity contribution in [3.63, 3.8) is 0 Å². The van der Waals surface area contributed by atoms with Crippen molar-refractivity contribution in [1.29, 1.82) is 0 Å². The Bertz CT molecular complexity index is 786. The molecular formula is C16H14ClF2N3O2. The van der Waals surface area contributed by atoms with Crippen LogP contribution in [-0.2, 0) is 13.1 Å². The predicted octanol–water partition coefficient (Wildman–Crippen LogP) is 3.24. The summed E-state index contributed by atoms with van der Waals surface area (Å²) in [5.41, 5.74) is 2.58. The molecule has 3 rings (SSSR count). The first-order valence-corrected chi connectivity index (χ1v) is 7.62. The van der Waals surface area contributed by atoms with Crippen molar-refractivity contribution in [3.8, 4) is 5.75 Å². The molecule has 0 spiro atoms. The lowest BCUT2D eigenvalue weighted by Crippen LogP contribution is -2.23. The lowest BCUT2D eigenvalue weighted by atomic mass is 10.2. The number of aryl methyl sites for hydroxylation is 1. The van der Waals surface area contributed by atoms with Crippen molar-refractivity contribution in [1.82, 2.24) is 14.9 Å². The van der Waals surface area contributed by atoms with E-state index in [4.69, 9.17) is 16.3 Å². The molecule has 2 aromatic heterocycles. The third-order valence-electron chi connectivity index (χ3n) is 3.71. The minimum Gasteiger partial charge on any atom is -0.486 e. The number of ether oxygens (including phenoxy) is 1. The second kappa shape index (κ2) is 6.68. The molecule has 8 heteroatoms. The smallest absolute Gasteiger partial charge is 0.272 e. The van der Waals surface area contributed by atoms with Crippen LogP contribution in [0.15, 0.2) is 24.5 Å². The average Bonchev–Trinajstić information content (AvgIpc) is 2.85. The van der Waals surface area contributed by atoms with Crippen LogP contribution in [0.5, 0.6) is 5.75 Å². The highest BCUT2D eigenvalue weighted by Crippen LogP contribution is 2.28. The van der Waals surface area contributed by atoms with Gasteiger partial charge in [0.2, 0.25) is 0 Å². The number of rotatable bonds is 5. The molecule has 5 nitrogen and oxygen atoms in total. The topological polar surface area (TPSA) is 55.3 Å². The maximum Gasteiger partial charge on any atom is 0.272 e. The zero-order valence-corrected chi connectivity index (χ0v) is 13.6. The van der Waals surface area contributed by atoms with Gasteiger partial charge in [0.15, 0.2) is 0 Å². The fraction of sp³-hybridized carbons (Fsp3) is 0.312. The average molecular weight is 354 g/mol. The molecule has 0 saturated carbocycles. The van der Waals surface area contributed by atoms with E-state index < -0.39 is 13.0 Å². The minimum atomic E-state index is -2.54. The highest BCUT2D eigenvalue weighted by atomic mass is 35.5. The van der Waals surface area contributed by atoms with Gasteiger partial charge < -0.3 is 9.64 Å². The van der Waals surface area contributed by atoms with Gasteiger partial charge in [-0.1, -0.05) is 11.6 Å². The predicted molar refractivity (Wildman–Crippen MR) is 83.3 cm³/mol. The Balaban J connectivity index is 1.72. The summed E-state index contributed by atoms with van der Waals surface area (Å²) in [5, 5.41) is 0.322. The Morgan fingerprint density at radius 1 is 1.42 bits per heavy atom. The van der Waals surface area contributed by atoms with E-state index in [1.54, 1.807) is 24.0 Å². The molecule has 126 valence electrons. The van der Waals surface area contributed by atoms with E-state index in [-0.39, 0.29) is 5.91 Å². The van der Waals surface area contributed by atoms with Crippen LogP contribution in [0.4, 0.5) is 8.78 Å². The van der Waals surface area contributed by atoms with Gasteiger partial charge in [0.1, 0.15) is 17.5 Å². The molecule has 0 radical (unpaired) electrons. The fourth-order valence-corrected chi connectivity index (χ4v) is 2.78. The fourth-order valence-electron chi connectivity index (χ4n) is 2.57. The minimum absolute atomic E-state index is 0.133. The number of hydrogen-bond donors (Lipinski definition) is 0. The summed E-state index contributed by atoms with van der Waals surface area (Å²) in [4.78, 5) is 22.2. The van der Waals surface area contributed by atoms with Gasteiger partial charge in [-0.2, -0.15) is 0 Å². The molecule has 3 heterocycles. The van der Waals surface area contributed by atoms with E-state index in [0.717, 1.165) is 0 Å². The summed E-state index contributed by atoms with van der Waals surface area (Å²) >= 11 is 6.03. The highest BCUT2D eigenvalue weighted by molar-refractivity contribution is 6.30.